The minimum absolute atomic E-state index is 0.0868. The van der Waals surface area contributed by atoms with Crippen molar-refractivity contribution in [3.05, 3.63) is 71.0 Å². The number of carbonyl (C=O) groups is 1. The van der Waals surface area contributed by atoms with Gasteiger partial charge in [0, 0.05) is 18.5 Å². The van der Waals surface area contributed by atoms with E-state index in [0.29, 0.717) is 22.4 Å². The zero-order chi connectivity index (χ0) is 17.2. The van der Waals surface area contributed by atoms with E-state index in [2.05, 4.69) is 0 Å². The number of amides is 1. The minimum atomic E-state index is -3.40. The van der Waals surface area contributed by atoms with E-state index in [1.54, 1.807) is 24.3 Å². The summed E-state index contributed by atoms with van der Waals surface area (Å²) in [6, 6.07) is 8.63. The number of halogens is 3. The Bertz CT molecular complexity index is 749. The lowest BCUT2D eigenvalue weighted by Gasteiger charge is -2.35. The van der Waals surface area contributed by atoms with Gasteiger partial charge in [-0.1, -0.05) is 36.4 Å². The SMILES string of the molecule is O=C(OCCc1cccc(F)c1)N1CCc2ccccc2C1(F)F. The van der Waals surface area contributed by atoms with Crippen LogP contribution in [0.1, 0.15) is 16.7 Å². The average Bonchev–Trinajstić information content (AvgIpc) is 2.55. The molecule has 0 radical (unpaired) electrons. The first-order valence-electron chi connectivity index (χ1n) is 7.63. The lowest BCUT2D eigenvalue weighted by Crippen LogP contribution is -2.48. The Morgan fingerprint density at radius 3 is 2.75 bits per heavy atom. The highest BCUT2D eigenvalue weighted by Gasteiger charge is 2.47. The largest absolute Gasteiger partial charge is 0.449 e. The van der Waals surface area contributed by atoms with Crippen molar-refractivity contribution in [1.82, 2.24) is 4.90 Å². The summed E-state index contributed by atoms with van der Waals surface area (Å²) in [7, 11) is 0. The van der Waals surface area contributed by atoms with Crippen molar-refractivity contribution in [3.8, 4) is 0 Å². The monoisotopic (exact) mass is 335 g/mol. The van der Waals surface area contributed by atoms with Gasteiger partial charge in [0.2, 0.25) is 0 Å². The zero-order valence-corrected chi connectivity index (χ0v) is 12.8. The fraction of sp³-hybridized carbons (Fsp3) is 0.278. The standard InChI is InChI=1S/C18H16F3NO2/c19-15-6-3-4-13(12-15)9-11-24-17(23)22-10-8-14-5-1-2-7-16(14)18(22,20)21/h1-7,12H,8-11H2. The van der Waals surface area contributed by atoms with Gasteiger partial charge in [-0.3, -0.25) is 0 Å². The van der Waals surface area contributed by atoms with Crippen molar-refractivity contribution in [2.24, 2.45) is 0 Å². The molecule has 1 aliphatic heterocycles. The average molecular weight is 335 g/mol. The van der Waals surface area contributed by atoms with Crippen LogP contribution in [0, 0.1) is 5.82 Å². The molecule has 0 bridgehead atoms. The third-order valence-electron chi connectivity index (χ3n) is 4.01. The van der Waals surface area contributed by atoms with Gasteiger partial charge < -0.3 is 4.74 Å². The third-order valence-corrected chi connectivity index (χ3v) is 4.01. The third kappa shape index (κ3) is 3.22. The molecule has 1 heterocycles. The van der Waals surface area contributed by atoms with E-state index in [1.165, 1.54) is 24.3 Å². The summed E-state index contributed by atoms with van der Waals surface area (Å²) >= 11 is 0. The molecule has 0 aliphatic carbocycles. The van der Waals surface area contributed by atoms with Crippen LogP contribution in [0.3, 0.4) is 0 Å². The smallest absolute Gasteiger partial charge is 0.414 e. The van der Waals surface area contributed by atoms with E-state index in [4.69, 9.17) is 4.74 Å². The van der Waals surface area contributed by atoms with Crippen LogP contribution < -0.4 is 0 Å². The van der Waals surface area contributed by atoms with E-state index in [9.17, 15) is 18.0 Å². The van der Waals surface area contributed by atoms with Crippen molar-refractivity contribution < 1.29 is 22.7 Å². The van der Waals surface area contributed by atoms with E-state index >= 15 is 0 Å². The molecule has 126 valence electrons. The van der Waals surface area contributed by atoms with Gasteiger partial charge in [0.05, 0.1) is 6.61 Å². The summed E-state index contributed by atoms with van der Waals surface area (Å²) in [6.07, 6.45) is -0.449. The molecular formula is C18H16F3NO2. The number of benzene rings is 2. The van der Waals surface area contributed by atoms with Gasteiger partial charge in [-0.25, -0.2) is 14.1 Å². The highest BCUT2D eigenvalue weighted by atomic mass is 19.3. The van der Waals surface area contributed by atoms with Gasteiger partial charge in [-0.15, -0.1) is 0 Å². The Hall–Kier alpha value is -2.50. The van der Waals surface area contributed by atoms with E-state index < -0.39 is 18.0 Å². The Morgan fingerprint density at radius 2 is 1.96 bits per heavy atom. The molecule has 24 heavy (non-hydrogen) atoms. The summed E-state index contributed by atoms with van der Waals surface area (Å²) in [6.45, 7) is -0.195. The van der Waals surface area contributed by atoms with Crippen LogP contribution >= 0.6 is 0 Å². The molecule has 0 N–H and O–H groups in total. The quantitative estimate of drug-likeness (QED) is 0.790. The second-order valence-electron chi connectivity index (χ2n) is 5.59. The number of rotatable bonds is 3. The predicted octanol–water partition coefficient (Wildman–Crippen LogP) is 4.11. The van der Waals surface area contributed by atoms with Crippen molar-refractivity contribution in [2.75, 3.05) is 13.2 Å². The maximum absolute atomic E-state index is 14.5. The van der Waals surface area contributed by atoms with Crippen LogP contribution in [0.15, 0.2) is 48.5 Å². The molecule has 0 atom stereocenters. The number of carbonyl (C=O) groups excluding carboxylic acids is 1. The van der Waals surface area contributed by atoms with E-state index in [-0.39, 0.29) is 25.1 Å². The van der Waals surface area contributed by atoms with Gasteiger partial charge in [-0.05, 0) is 29.7 Å². The molecule has 1 aliphatic rings. The molecule has 0 spiro atoms. The summed E-state index contributed by atoms with van der Waals surface area (Å²) < 4.78 is 47.0. The molecule has 3 rings (SSSR count). The number of alkyl halides is 2. The topological polar surface area (TPSA) is 29.5 Å². The highest BCUT2D eigenvalue weighted by molar-refractivity contribution is 5.69. The Kier molecular flexibility index (Phi) is 4.46. The summed E-state index contributed by atoms with van der Waals surface area (Å²) in [5.41, 5.74) is 1.00. The first-order chi connectivity index (χ1) is 11.5. The second-order valence-corrected chi connectivity index (χ2v) is 5.59. The maximum atomic E-state index is 14.5. The predicted molar refractivity (Wildman–Crippen MR) is 82.2 cm³/mol. The summed E-state index contributed by atoms with van der Waals surface area (Å²) in [5, 5.41) is 0. The number of hydrogen-bond acceptors (Lipinski definition) is 2. The second kappa shape index (κ2) is 6.55. The van der Waals surface area contributed by atoms with Crippen LogP contribution in [-0.4, -0.2) is 24.1 Å². The molecule has 0 saturated carbocycles. The summed E-state index contributed by atoms with van der Waals surface area (Å²) in [5.74, 6) is -0.391. The maximum Gasteiger partial charge on any atom is 0.414 e. The fourth-order valence-corrected chi connectivity index (χ4v) is 2.78. The number of ether oxygens (including phenoxy) is 1. The number of hydrogen-bond donors (Lipinski definition) is 0. The Balaban J connectivity index is 1.63. The molecule has 0 unspecified atom stereocenters. The van der Waals surface area contributed by atoms with Crippen LogP contribution in [0.5, 0.6) is 0 Å². The Morgan fingerprint density at radius 1 is 1.17 bits per heavy atom. The van der Waals surface area contributed by atoms with Gasteiger partial charge in [0.1, 0.15) is 5.82 Å². The molecule has 0 aromatic heterocycles. The lowest BCUT2D eigenvalue weighted by molar-refractivity contribution is -0.145. The molecule has 1 amide bonds. The fourth-order valence-electron chi connectivity index (χ4n) is 2.78. The van der Waals surface area contributed by atoms with Crippen LogP contribution in [0.25, 0.3) is 0 Å². The van der Waals surface area contributed by atoms with Crippen molar-refractivity contribution in [3.63, 3.8) is 0 Å². The van der Waals surface area contributed by atoms with Gasteiger partial charge in [0.15, 0.2) is 0 Å². The normalized spacial score (nSPS) is 15.7. The summed E-state index contributed by atoms with van der Waals surface area (Å²) in [4.78, 5) is 12.5. The van der Waals surface area contributed by atoms with Gasteiger partial charge in [-0.2, -0.15) is 8.78 Å². The first-order valence-corrected chi connectivity index (χ1v) is 7.63. The highest BCUT2D eigenvalue weighted by Crippen LogP contribution is 2.38. The lowest BCUT2D eigenvalue weighted by atomic mass is 9.98. The van der Waals surface area contributed by atoms with Gasteiger partial charge >= 0.3 is 12.1 Å². The van der Waals surface area contributed by atoms with Gasteiger partial charge in [0.25, 0.3) is 0 Å². The van der Waals surface area contributed by atoms with Crippen LogP contribution in [0.4, 0.5) is 18.0 Å². The molecule has 0 saturated heterocycles. The molecule has 3 nitrogen and oxygen atoms in total. The minimum Gasteiger partial charge on any atom is -0.449 e. The van der Waals surface area contributed by atoms with Crippen LogP contribution in [0.2, 0.25) is 0 Å². The van der Waals surface area contributed by atoms with Crippen molar-refractivity contribution >= 4 is 6.09 Å². The number of fused-ring (bicyclic) bond motifs is 1. The molecule has 6 heteroatoms. The van der Waals surface area contributed by atoms with E-state index in [1.807, 2.05) is 0 Å². The molecule has 2 aromatic carbocycles. The molecular weight excluding hydrogens is 319 g/mol. The van der Waals surface area contributed by atoms with E-state index in [0.717, 1.165) is 0 Å². The van der Waals surface area contributed by atoms with Crippen molar-refractivity contribution in [2.45, 2.75) is 18.9 Å². The molecule has 0 fully saturated rings. The number of nitrogens with zero attached hydrogens (tertiary/aromatic N) is 1. The molecule has 2 aromatic rings. The van der Waals surface area contributed by atoms with Crippen molar-refractivity contribution in [1.29, 1.82) is 0 Å². The Labute approximate surface area is 137 Å². The van der Waals surface area contributed by atoms with Crippen LogP contribution in [-0.2, 0) is 23.6 Å². The zero-order valence-electron chi connectivity index (χ0n) is 12.8. The first kappa shape index (κ1) is 16.4.